The molecule has 2 aromatic carbocycles. The molecule has 0 radical (unpaired) electrons. The van der Waals surface area contributed by atoms with E-state index in [4.69, 9.17) is 10.5 Å². The molecule has 1 saturated heterocycles. The summed E-state index contributed by atoms with van der Waals surface area (Å²) >= 11 is 0. The van der Waals surface area contributed by atoms with Gasteiger partial charge >= 0.3 is 6.09 Å². The van der Waals surface area contributed by atoms with Crippen LogP contribution in [0.15, 0.2) is 60.7 Å². The number of nitrogens with two attached hydrogens (primary N) is 1. The third-order valence-corrected chi connectivity index (χ3v) is 4.74. The van der Waals surface area contributed by atoms with Crippen molar-refractivity contribution in [2.24, 2.45) is 5.73 Å². The fourth-order valence-electron chi connectivity index (χ4n) is 3.23. The van der Waals surface area contributed by atoms with Gasteiger partial charge in [0.2, 0.25) is 0 Å². The maximum atomic E-state index is 12.3. The van der Waals surface area contributed by atoms with Crippen molar-refractivity contribution >= 4 is 6.09 Å². The lowest BCUT2D eigenvalue weighted by Crippen LogP contribution is -2.49. The van der Waals surface area contributed by atoms with Gasteiger partial charge in [-0.05, 0) is 24.0 Å². The molecule has 2 atom stereocenters. The van der Waals surface area contributed by atoms with Crippen LogP contribution in [0.2, 0.25) is 0 Å². The van der Waals surface area contributed by atoms with Crippen molar-refractivity contribution in [1.29, 1.82) is 0 Å². The molecule has 5 heteroatoms. The number of benzene rings is 2. The lowest BCUT2D eigenvalue weighted by Gasteiger charge is -2.33. The van der Waals surface area contributed by atoms with Gasteiger partial charge in [-0.25, -0.2) is 4.79 Å². The molecule has 1 unspecified atom stereocenters. The summed E-state index contributed by atoms with van der Waals surface area (Å²) in [6.07, 6.45) is 1.77. The molecule has 138 valence electrons. The van der Waals surface area contributed by atoms with Crippen LogP contribution in [0.3, 0.4) is 0 Å². The molecule has 3 rings (SSSR count). The van der Waals surface area contributed by atoms with E-state index in [0.717, 1.165) is 30.5 Å². The van der Waals surface area contributed by atoms with Gasteiger partial charge in [-0.2, -0.15) is 0 Å². The summed E-state index contributed by atoms with van der Waals surface area (Å²) in [5.74, 6) is 0. The first-order valence-electron chi connectivity index (χ1n) is 9.22. The Balaban J connectivity index is 1.44. The third kappa shape index (κ3) is 5.31. The number of amides is 1. The van der Waals surface area contributed by atoms with Gasteiger partial charge in [0.1, 0.15) is 6.61 Å². The number of piperidine rings is 1. The minimum absolute atomic E-state index is 0.0448. The van der Waals surface area contributed by atoms with Gasteiger partial charge in [0, 0.05) is 31.7 Å². The van der Waals surface area contributed by atoms with E-state index in [-0.39, 0.29) is 18.2 Å². The molecule has 5 nitrogen and oxygen atoms in total. The maximum Gasteiger partial charge on any atom is 0.410 e. The Kier molecular flexibility index (Phi) is 6.63. The quantitative estimate of drug-likeness (QED) is 0.837. The summed E-state index contributed by atoms with van der Waals surface area (Å²) in [6, 6.07) is 20.0. The summed E-state index contributed by atoms with van der Waals surface area (Å²) in [5, 5.41) is 3.50. The molecular weight excluding hydrogens is 326 g/mol. The normalized spacial score (nSPS) is 18.3. The number of carbonyl (C=O) groups is 1. The number of nitrogens with zero attached hydrogens (tertiary/aromatic N) is 1. The van der Waals surface area contributed by atoms with Crippen molar-refractivity contribution in [2.45, 2.75) is 31.5 Å². The van der Waals surface area contributed by atoms with Crippen molar-refractivity contribution < 1.29 is 9.53 Å². The Labute approximate surface area is 155 Å². The first kappa shape index (κ1) is 18.4. The molecule has 0 aromatic heterocycles. The van der Waals surface area contributed by atoms with Crippen LogP contribution < -0.4 is 11.1 Å². The second-order valence-corrected chi connectivity index (χ2v) is 6.75. The standard InChI is InChI=1S/C21H27N3O2/c22-20(18-10-5-2-6-11-18)14-23-19-12-7-13-24(15-19)21(25)26-16-17-8-3-1-4-9-17/h1-6,8-11,19-20,23H,7,12-16,22H2/t19-,20?/m0/s1. The Hall–Kier alpha value is -2.37. The van der Waals surface area contributed by atoms with Gasteiger partial charge in [0.15, 0.2) is 0 Å². The molecule has 0 spiro atoms. The molecule has 1 fully saturated rings. The fourth-order valence-corrected chi connectivity index (χ4v) is 3.23. The average Bonchev–Trinajstić information content (AvgIpc) is 2.72. The van der Waals surface area contributed by atoms with Gasteiger partial charge in [-0.1, -0.05) is 60.7 Å². The lowest BCUT2D eigenvalue weighted by atomic mass is 10.0. The van der Waals surface area contributed by atoms with E-state index in [9.17, 15) is 4.79 Å². The second kappa shape index (κ2) is 9.36. The van der Waals surface area contributed by atoms with Crippen LogP contribution >= 0.6 is 0 Å². The average molecular weight is 353 g/mol. The van der Waals surface area contributed by atoms with Crippen LogP contribution in [0, 0.1) is 0 Å². The van der Waals surface area contributed by atoms with E-state index < -0.39 is 0 Å². The van der Waals surface area contributed by atoms with E-state index in [1.165, 1.54) is 0 Å². The lowest BCUT2D eigenvalue weighted by molar-refractivity contribution is 0.0832. The van der Waals surface area contributed by atoms with Crippen molar-refractivity contribution in [1.82, 2.24) is 10.2 Å². The minimum atomic E-state index is -0.243. The third-order valence-electron chi connectivity index (χ3n) is 4.74. The SMILES string of the molecule is NC(CN[C@H]1CCCN(C(=O)OCc2ccccc2)C1)c1ccccc1. The molecule has 26 heavy (non-hydrogen) atoms. The molecule has 0 aliphatic carbocycles. The number of likely N-dealkylation sites (tertiary alicyclic amines) is 1. The van der Waals surface area contributed by atoms with Crippen LogP contribution in [-0.4, -0.2) is 36.7 Å². The zero-order chi connectivity index (χ0) is 18.2. The Morgan fingerprint density at radius 2 is 1.85 bits per heavy atom. The molecule has 3 N–H and O–H groups in total. The maximum absolute atomic E-state index is 12.3. The Morgan fingerprint density at radius 3 is 2.58 bits per heavy atom. The topological polar surface area (TPSA) is 67.6 Å². The number of hydrogen-bond donors (Lipinski definition) is 2. The van der Waals surface area contributed by atoms with Gasteiger partial charge in [-0.3, -0.25) is 0 Å². The van der Waals surface area contributed by atoms with Crippen molar-refractivity contribution in [3.63, 3.8) is 0 Å². The fraction of sp³-hybridized carbons (Fsp3) is 0.381. The highest BCUT2D eigenvalue weighted by molar-refractivity contribution is 5.67. The summed E-state index contributed by atoms with van der Waals surface area (Å²) in [6.45, 7) is 2.42. The largest absolute Gasteiger partial charge is 0.445 e. The van der Waals surface area contributed by atoms with Crippen molar-refractivity contribution in [3.05, 3.63) is 71.8 Å². The predicted octanol–water partition coefficient (Wildman–Crippen LogP) is 3.08. The molecule has 1 aliphatic rings. The summed E-state index contributed by atoms with van der Waals surface area (Å²) < 4.78 is 5.45. The highest BCUT2D eigenvalue weighted by atomic mass is 16.6. The molecule has 1 heterocycles. The first-order chi connectivity index (χ1) is 12.7. The monoisotopic (exact) mass is 353 g/mol. The molecular formula is C21H27N3O2. The Morgan fingerprint density at radius 1 is 1.15 bits per heavy atom. The zero-order valence-corrected chi connectivity index (χ0v) is 15.0. The van der Waals surface area contributed by atoms with E-state index in [1.807, 2.05) is 60.7 Å². The van der Waals surface area contributed by atoms with Crippen molar-refractivity contribution in [2.75, 3.05) is 19.6 Å². The van der Waals surface area contributed by atoms with E-state index in [1.54, 1.807) is 4.90 Å². The van der Waals surface area contributed by atoms with Crippen molar-refractivity contribution in [3.8, 4) is 0 Å². The number of hydrogen-bond acceptors (Lipinski definition) is 4. The number of carbonyl (C=O) groups excluding carboxylic acids is 1. The number of nitrogens with one attached hydrogen (secondary N) is 1. The zero-order valence-electron chi connectivity index (χ0n) is 15.0. The second-order valence-electron chi connectivity index (χ2n) is 6.75. The first-order valence-corrected chi connectivity index (χ1v) is 9.22. The number of ether oxygens (including phenoxy) is 1. The van der Waals surface area contributed by atoms with Crippen LogP contribution in [0.1, 0.15) is 30.0 Å². The molecule has 0 saturated carbocycles. The molecule has 0 bridgehead atoms. The summed E-state index contributed by atoms with van der Waals surface area (Å²) in [7, 11) is 0. The van der Waals surface area contributed by atoms with Crippen LogP contribution in [-0.2, 0) is 11.3 Å². The summed E-state index contributed by atoms with van der Waals surface area (Å²) in [4.78, 5) is 14.1. The van der Waals surface area contributed by atoms with Gasteiger partial charge in [0.25, 0.3) is 0 Å². The predicted molar refractivity (Wildman–Crippen MR) is 103 cm³/mol. The minimum Gasteiger partial charge on any atom is -0.445 e. The highest BCUT2D eigenvalue weighted by Gasteiger charge is 2.24. The van der Waals surface area contributed by atoms with Crippen LogP contribution in [0.5, 0.6) is 0 Å². The Bertz CT molecular complexity index is 678. The van der Waals surface area contributed by atoms with E-state index in [2.05, 4.69) is 5.32 Å². The van der Waals surface area contributed by atoms with Gasteiger partial charge < -0.3 is 20.7 Å². The van der Waals surface area contributed by atoms with E-state index in [0.29, 0.717) is 19.7 Å². The highest BCUT2D eigenvalue weighted by Crippen LogP contribution is 2.14. The van der Waals surface area contributed by atoms with Gasteiger partial charge in [0.05, 0.1) is 0 Å². The number of rotatable bonds is 6. The molecule has 2 aromatic rings. The van der Waals surface area contributed by atoms with E-state index >= 15 is 0 Å². The smallest absolute Gasteiger partial charge is 0.410 e. The van der Waals surface area contributed by atoms with Gasteiger partial charge in [-0.15, -0.1) is 0 Å². The summed E-state index contributed by atoms with van der Waals surface area (Å²) in [5.41, 5.74) is 8.37. The molecule has 1 amide bonds. The van der Waals surface area contributed by atoms with Crippen LogP contribution in [0.25, 0.3) is 0 Å². The molecule has 1 aliphatic heterocycles. The van der Waals surface area contributed by atoms with Crippen LogP contribution in [0.4, 0.5) is 4.79 Å².